The van der Waals surface area contributed by atoms with E-state index in [0.29, 0.717) is 31.6 Å². The molecule has 2 rings (SSSR count). The number of hydrogen-bond donors (Lipinski definition) is 2. The van der Waals surface area contributed by atoms with Gasteiger partial charge in [0.15, 0.2) is 0 Å². The summed E-state index contributed by atoms with van der Waals surface area (Å²) in [6.45, 7) is 2.20. The lowest BCUT2D eigenvalue weighted by atomic mass is 9.92. The third kappa shape index (κ3) is 4.99. The molecule has 1 atom stereocenters. The Morgan fingerprint density at radius 1 is 1.04 bits per heavy atom. The van der Waals surface area contributed by atoms with Crippen molar-refractivity contribution in [1.29, 1.82) is 0 Å². The maximum Gasteiger partial charge on any atom is 0.323 e. The normalized spacial score (nSPS) is 13.1. The second-order valence-electron chi connectivity index (χ2n) is 5.65. The van der Waals surface area contributed by atoms with Crippen LogP contribution in [0, 0.1) is 0 Å². The van der Waals surface area contributed by atoms with Crippen LogP contribution in [0.2, 0.25) is 0 Å². The van der Waals surface area contributed by atoms with Crippen molar-refractivity contribution < 1.29 is 19.4 Å². The van der Waals surface area contributed by atoms with Gasteiger partial charge in [0.05, 0.1) is 6.61 Å². The quantitative estimate of drug-likeness (QED) is 0.683. The van der Waals surface area contributed by atoms with Crippen LogP contribution in [0.15, 0.2) is 54.6 Å². The van der Waals surface area contributed by atoms with Crippen LogP contribution in [0.4, 0.5) is 0 Å². The summed E-state index contributed by atoms with van der Waals surface area (Å²) < 4.78 is 11.3. The van der Waals surface area contributed by atoms with Gasteiger partial charge in [-0.25, -0.2) is 0 Å². The van der Waals surface area contributed by atoms with Gasteiger partial charge in [-0.3, -0.25) is 4.79 Å². The largest absolute Gasteiger partial charge is 0.494 e. The average molecular weight is 329 g/mol. The van der Waals surface area contributed by atoms with Crippen molar-refractivity contribution in [2.24, 2.45) is 5.73 Å². The highest BCUT2D eigenvalue weighted by molar-refractivity contribution is 5.78. The molecule has 0 radical (unpaired) electrons. The maximum atomic E-state index is 11.1. The van der Waals surface area contributed by atoms with Gasteiger partial charge in [-0.1, -0.05) is 25.1 Å². The summed E-state index contributed by atoms with van der Waals surface area (Å²) >= 11 is 0. The average Bonchev–Trinajstić information content (AvgIpc) is 2.60. The van der Waals surface area contributed by atoms with Crippen LogP contribution in [-0.2, 0) is 4.79 Å². The molecular formula is C19H23NO4. The molecule has 0 saturated carbocycles. The van der Waals surface area contributed by atoms with E-state index in [1.54, 1.807) is 6.92 Å². The second-order valence-corrected chi connectivity index (χ2v) is 5.65. The smallest absolute Gasteiger partial charge is 0.323 e. The van der Waals surface area contributed by atoms with Crippen molar-refractivity contribution in [3.63, 3.8) is 0 Å². The van der Waals surface area contributed by atoms with Crippen molar-refractivity contribution in [1.82, 2.24) is 0 Å². The first kappa shape index (κ1) is 17.8. The molecule has 0 aromatic heterocycles. The fourth-order valence-electron chi connectivity index (χ4n) is 2.24. The highest BCUT2D eigenvalue weighted by Crippen LogP contribution is 2.24. The molecular weight excluding hydrogens is 306 g/mol. The minimum Gasteiger partial charge on any atom is -0.494 e. The molecule has 5 nitrogen and oxygen atoms in total. The topological polar surface area (TPSA) is 81.8 Å². The standard InChI is InChI=1S/C19H23NO4/c1-2-19(20,18(21)22)13-6-14-23-15-9-11-17(12-10-15)24-16-7-4-3-5-8-16/h3-5,7-12H,2,6,13-14,20H2,1H3,(H,21,22). The van der Waals surface area contributed by atoms with Crippen LogP contribution < -0.4 is 15.2 Å². The maximum absolute atomic E-state index is 11.1. The van der Waals surface area contributed by atoms with Crippen LogP contribution in [0.3, 0.4) is 0 Å². The van der Waals surface area contributed by atoms with E-state index in [0.717, 1.165) is 11.5 Å². The number of para-hydroxylation sites is 1. The number of carboxylic acids is 1. The lowest BCUT2D eigenvalue weighted by Crippen LogP contribution is -2.47. The van der Waals surface area contributed by atoms with E-state index < -0.39 is 11.5 Å². The zero-order valence-electron chi connectivity index (χ0n) is 13.8. The number of ether oxygens (including phenoxy) is 2. The number of carbonyl (C=O) groups is 1. The first-order valence-corrected chi connectivity index (χ1v) is 8.01. The Hall–Kier alpha value is -2.53. The predicted octanol–water partition coefficient (Wildman–Crippen LogP) is 3.83. The minimum atomic E-state index is -1.17. The number of rotatable bonds is 9. The minimum absolute atomic E-state index is 0.383. The molecule has 0 aliphatic carbocycles. The van der Waals surface area contributed by atoms with Crippen molar-refractivity contribution >= 4 is 5.97 Å². The van der Waals surface area contributed by atoms with Gasteiger partial charge in [-0.2, -0.15) is 0 Å². The van der Waals surface area contributed by atoms with E-state index in [9.17, 15) is 4.79 Å². The predicted molar refractivity (Wildman–Crippen MR) is 92.5 cm³/mol. The Kier molecular flexibility index (Phi) is 6.21. The highest BCUT2D eigenvalue weighted by atomic mass is 16.5. The fourth-order valence-corrected chi connectivity index (χ4v) is 2.24. The summed E-state index contributed by atoms with van der Waals surface area (Å²) in [6, 6.07) is 16.9. The Labute approximate surface area is 142 Å². The molecule has 2 aromatic rings. The Bertz CT molecular complexity index is 642. The van der Waals surface area contributed by atoms with Crippen LogP contribution in [0.5, 0.6) is 17.2 Å². The van der Waals surface area contributed by atoms with E-state index >= 15 is 0 Å². The molecule has 0 saturated heterocycles. The highest BCUT2D eigenvalue weighted by Gasteiger charge is 2.30. The van der Waals surface area contributed by atoms with E-state index in [4.69, 9.17) is 20.3 Å². The molecule has 0 heterocycles. The number of hydrogen-bond acceptors (Lipinski definition) is 4. The van der Waals surface area contributed by atoms with E-state index in [-0.39, 0.29) is 0 Å². The van der Waals surface area contributed by atoms with Gasteiger partial charge in [0, 0.05) is 0 Å². The third-order valence-electron chi connectivity index (χ3n) is 3.90. The summed E-state index contributed by atoms with van der Waals surface area (Å²) in [5.41, 5.74) is 4.67. The molecule has 0 bridgehead atoms. The molecule has 128 valence electrons. The Morgan fingerprint density at radius 2 is 1.62 bits per heavy atom. The van der Waals surface area contributed by atoms with Crippen molar-refractivity contribution in [2.45, 2.75) is 31.7 Å². The Balaban J connectivity index is 1.79. The van der Waals surface area contributed by atoms with Crippen molar-refractivity contribution in [3.05, 3.63) is 54.6 Å². The molecule has 0 aliphatic heterocycles. The first-order chi connectivity index (χ1) is 11.5. The van der Waals surface area contributed by atoms with Crippen LogP contribution in [0.25, 0.3) is 0 Å². The molecule has 24 heavy (non-hydrogen) atoms. The summed E-state index contributed by atoms with van der Waals surface area (Å²) in [5.74, 6) is 1.25. The molecule has 1 unspecified atom stereocenters. The van der Waals surface area contributed by atoms with Gasteiger partial charge in [0.2, 0.25) is 0 Å². The molecule has 0 spiro atoms. The fraction of sp³-hybridized carbons (Fsp3) is 0.316. The molecule has 0 fully saturated rings. The second kappa shape index (κ2) is 8.36. The van der Waals surface area contributed by atoms with Crippen LogP contribution in [0.1, 0.15) is 26.2 Å². The van der Waals surface area contributed by atoms with Gasteiger partial charge in [-0.15, -0.1) is 0 Å². The van der Waals surface area contributed by atoms with Gasteiger partial charge < -0.3 is 20.3 Å². The molecule has 0 amide bonds. The third-order valence-corrected chi connectivity index (χ3v) is 3.90. The van der Waals surface area contributed by atoms with E-state index in [1.165, 1.54) is 0 Å². The zero-order valence-corrected chi connectivity index (χ0v) is 13.8. The van der Waals surface area contributed by atoms with Crippen molar-refractivity contribution in [3.8, 4) is 17.2 Å². The van der Waals surface area contributed by atoms with Gasteiger partial charge in [0.25, 0.3) is 0 Å². The zero-order chi connectivity index (χ0) is 17.4. The van der Waals surface area contributed by atoms with Crippen molar-refractivity contribution in [2.75, 3.05) is 6.61 Å². The molecule has 2 aromatic carbocycles. The lowest BCUT2D eigenvalue weighted by molar-refractivity contribution is -0.143. The van der Waals surface area contributed by atoms with E-state index in [1.807, 2.05) is 54.6 Å². The number of benzene rings is 2. The SMILES string of the molecule is CCC(N)(CCCOc1ccc(Oc2ccccc2)cc1)C(=O)O. The summed E-state index contributed by atoms with van der Waals surface area (Å²) in [7, 11) is 0. The van der Waals surface area contributed by atoms with E-state index in [2.05, 4.69) is 0 Å². The Morgan fingerprint density at radius 3 is 2.21 bits per heavy atom. The summed E-state index contributed by atoms with van der Waals surface area (Å²) in [5, 5.41) is 9.12. The first-order valence-electron chi connectivity index (χ1n) is 8.01. The van der Waals surface area contributed by atoms with Gasteiger partial charge >= 0.3 is 5.97 Å². The van der Waals surface area contributed by atoms with Crippen LogP contribution >= 0.6 is 0 Å². The summed E-state index contributed by atoms with van der Waals surface area (Å²) in [6.07, 6.45) is 1.36. The monoisotopic (exact) mass is 329 g/mol. The molecule has 0 aliphatic rings. The van der Waals surface area contributed by atoms with Gasteiger partial charge in [-0.05, 0) is 55.7 Å². The lowest BCUT2D eigenvalue weighted by Gasteiger charge is -2.22. The molecule has 5 heteroatoms. The molecule has 3 N–H and O–H groups in total. The van der Waals surface area contributed by atoms with Crippen LogP contribution in [-0.4, -0.2) is 23.2 Å². The summed E-state index contributed by atoms with van der Waals surface area (Å²) in [4.78, 5) is 11.1. The number of carboxylic acid groups (broad SMARTS) is 1. The number of nitrogens with two attached hydrogens (primary N) is 1. The number of aliphatic carboxylic acids is 1. The van der Waals surface area contributed by atoms with Gasteiger partial charge in [0.1, 0.15) is 22.8 Å².